The molecule has 11 rings (SSSR count). The SMILES string of the molecule is c1ccc(-c2nc(-c3ccccc3)nc(-c3ccc(-c4ccc(-c5ccc6nc(-c7cccc8sc9ccccc9c78)ccc6c5)c5ccccc45)cc3)n2)cc1. The highest BCUT2D eigenvalue weighted by Gasteiger charge is 2.16. The Hall–Kier alpha value is -7.34. The van der Waals surface area contributed by atoms with Crippen molar-refractivity contribution in [3.63, 3.8) is 0 Å². The Morgan fingerprint density at radius 3 is 1.51 bits per heavy atom. The summed E-state index contributed by atoms with van der Waals surface area (Å²) in [4.78, 5) is 19.9. The molecule has 0 saturated heterocycles. The minimum absolute atomic E-state index is 0.643. The molecule has 57 heavy (non-hydrogen) atoms. The molecule has 0 unspecified atom stereocenters. The van der Waals surface area contributed by atoms with E-state index in [-0.39, 0.29) is 0 Å². The second kappa shape index (κ2) is 13.7. The molecule has 0 spiro atoms. The standard InChI is InChI=1S/C52H32N4S/c1-3-12-34(13-4-1)50-54-51(35-14-5-2-6-15-35)56-52(55-50)36-24-22-33(23-25-36)39-28-29-40(42-17-8-7-16-41(39)42)37-26-30-45-38(32-37)27-31-46(53-45)43-19-11-21-48-49(43)44-18-9-10-20-47(44)57-48/h1-32H. The predicted octanol–water partition coefficient (Wildman–Crippen LogP) is 13.9. The van der Waals surface area contributed by atoms with Crippen molar-refractivity contribution in [2.45, 2.75) is 0 Å². The van der Waals surface area contributed by atoms with Crippen LogP contribution >= 0.6 is 11.3 Å². The van der Waals surface area contributed by atoms with Crippen LogP contribution in [0, 0.1) is 0 Å². The molecule has 8 aromatic carbocycles. The monoisotopic (exact) mass is 744 g/mol. The fraction of sp³-hybridized carbons (Fsp3) is 0. The summed E-state index contributed by atoms with van der Waals surface area (Å²) >= 11 is 1.84. The lowest BCUT2D eigenvalue weighted by Crippen LogP contribution is -2.00. The zero-order valence-electron chi connectivity index (χ0n) is 30.7. The predicted molar refractivity (Wildman–Crippen MR) is 238 cm³/mol. The fourth-order valence-electron chi connectivity index (χ4n) is 7.97. The van der Waals surface area contributed by atoms with E-state index in [1.807, 2.05) is 72.0 Å². The van der Waals surface area contributed by atoms with E-state index in [1.165, 1.54) is 53.2 Å². The molecule has 266 valence electrons. The van der Waals surface area contributed by atoms with Gasteiger partial charge in [0.15, 0.2) is 17.5 Å². The van der Waals surface area contributed by atoms with Gasteiger partial charge < -0.3 is 0 Å². The van der Waals surface area contributed by atoms with E-state index in [1.54, 1.807) is 0 Å². The van der Waals surface area contributed by atoms with Gasteiger partial charge in [0.25, 0.3) is 0 Å². The second-order valence-electron chi connectivity index (χ2n) is 14.2. The van der Waals surface area contributed by atoms with Gasteiger partial charge in [0.2, 0.25) is 0 Å². The maximum absolute atomic E-state index is 5.19. The van der Waals surface area contributed by atoms with E-state index in [0.717, 1.165) is 38.9 Å². The number of thiophene rings is 1. The summed E-state index contributed by atoms with van der Waals surface area (Å²) < 4.78 is 2.59. The molecule has 0 aliphatic carbocycles. The maximum atomic E-state index is 5.19. The zero-order valence-corrected chi connectivity index (χ0v) is 31.5. The fourth-order valence-corrected chi connectivity index (χ4v) is 9.10. The Morgan fingerprint density at radius 1 is 0.316 bits per heavy atom. The summed E-state index contributed by atoms with van der Waals surface area (Å²) in [7, 11) is 0. The summed E-state index contributed by atoms with van der Waals surface area (Å²) in [5, 5.41) is 6.09. The van der Waals surface area contributed by atoms with Crippen LogP contribution in [0.25, 0.3) is 110 Å². The number of fused-ring (bicyclic) bond motifs is 5. The summed E-state index contributed by atoms with van der Waals surface area (Å²) in [6.07, 6.45) is 0. The third-order valence-corrected chi connectivity index (χ3v) is 11.9. The highest BCUT2D eigenvalue weighted by atomic mass is 32.1. The molecule has 0 amide bonds. The van der Waals surface area contributed by atoms with Gasteiger partial charge >= 0.3 is 0 Å². The number of benzene rings is 8. The molecular weight excluding hydrogens is 713 g/mol. The first-order chi connectivity index (χ1) is 28.2. The van der Waals surface area contributed by atoms with Gasteiger partial charge in [-0.1, -0.05) is 164 Å². The highest BCUT2D eigenvalue weighted by Crippen LogP contribution is 2.41. The molecule has 0 radical (unpaired) electrons. The highest BCUT2D eigenvalue weighted by molar-refractivity contribution is 7.25. The number of aromatic nitrogens is 4. The number of hydrogen-bond donors (Lipinski definition) is 0. The molecule has 0 fully saturated rings. The van der Waals surface area contributed by atoms with Crippen molar-refractivity contribution >= 4 is 53.2 Å². The van der Waals surface area contributed by atoms with Crippen LogP contribution in [-0.2, 0) is 0 Å². The smallest absolute Gasteiger partial charge is 0.164 e. The molecule has 0 saturated carbocycles. The van der Waals surface area contributed by atoms with Crippen molar-refractivity contribution in [3.05, 3.63) is 194 Å². The number of pyridine rings is 1. The van der Waals surface area contributed by atoms with E-state index < -0.39 is 0 Å². The van der Waals surface area contributed by atoms with Gasteiger partial charge in [-0.3, -0.25) is 0 Å². The minimum atomic E-state index is 0.643. The second-order valence-corrected chi connectivity index (χ2v) is 15.3. The Balaban J connectivity index is 0.941. The Labute approximate surface area is 333 Å². The summed E-state index contributed by atoms with van der Waals surface area (Å²) in [5.41, 5.74) is 10.7. The summed E-state index contributed by atoms with van der Waals surface area (Å²) in [6.45, 7) is 0. The minimum Gasteiger partial charge on any atom is -0.248 e. The average Bonchev–Trinajstić information content (AvgIpc) is 3.68. The lowest BCUT2D eigenvalue weighted by molar-refractivity contribution is 1.07. The molecule has 3 heterocycles. The van der Waals surface area contributed by atoms with Crippen molar-refractivity contribution in [2.75, 3.05) is 0 Å². The van der Waals surface area contributed by atoms with Crippen molar-refractivity contribution < 1.29 is 0 Å². The maximum Gasteiger partial charge on any atom is 0.164 e. The molecule has 3 aromatic heterocycles. The molecule has 0 atom stereocenters. The lowest BCUT2D eigenvalue weighted by atomic mass is 9.91. The van der Waals surface area contributed by atoms with Crippen LogP contribution in [0.15, 0.2) is 194 Å². The molecule has 0 bridgehead atoms. The molecule has 11 aromatic rings. The van der Waals surface area contributed by atoms with Gasteiger partial charge in [0.05, 0.1) is 11.2 Å². The molecule has 4 nitrogen and oxygen atoms in total. The number of hydrogen-bond acceptors (Lipinski definition) is 5. The van der Waals surface area contributed by atoms with Crippen molar-refractivity contribution in [3.8, 4) is 67.7 Å². The van der Waals surface area contributed by atoms with Crippen molar-refractivity contribution in [2.24, 2.45) is 0 Å². The quantitative estimate of drug-likeness (QED) is 0.170. The topological polar surface area (TPSA) is 51.6 Å². The van der Waals surface area contributed by atoms with Gasteiger partial charge in [-0.25, -0.2) is 19.9 Å². The van der Waals surface area contributed by atoms with Crippen LogP contribution in [0.4, 0.5) is 0 Å². The van der Waals surface area contributed by atoms with E-state index in [2.05, 4.69) is 133 Å². The Bertz CT molecular complexity index is 3230. The van der Waals surface area contributed by atoms with Crippen LogP contribution in [0.3, 0.4) is 0 Å². The van der Waals surface area contributed by atoms with Crippen LogP contribution in [0.1, 0.15) is 0 Å². The first-order valence-electron chi connectivity index (χ1n) is 19.0. The molecule has 0 N–H and O–H groups in total. The van der Waals surface area contributed by atoms with Gasteiger partial charge in [-0.05, 0) is 63.4 Å². The van der Waals surface area contributed by atoms with Crippen LogP contribution in [0.5, 0.6) is 0 Å². The van der Waals surface area contributed by atoms with E-state index in [0.29, 0.717) is 17.5 Å². The molecule has 5 heteroatoms. The van der Waals surface area contributed by atoms with Crippen LogP contribution < -0.4 is 0 Å². The zero-order chi connectivity index (χ0) is 37.7. The van der Waals surface area contributed by atoms with Gasteiger partial charge in [0.1, 0.15) is 0 Å². The van der Waals surface area contributed by atoms with E-state index in [4.69, 9.17) is 19.9 Å². The summed E-state index contributed by atoms with van der Waals surface area (Å²) in [6, 6.07) is 68.1. The summed E-state index contributed by atoms with van der Waals surface area (Å²) in [5.74, 6) is 1.95. The Morgan fingerprint density at radius 2 is 0.842 bits per heavy atom. The normalized spacial score (nSPS) is 11.5. The molecule has 0 aliphatic rings. The molecule has 0 aliphatic heterocycles. The number of rotatable bonds is 6. The van der Waals surface area contributed by atoms with Crippen molar-refractivity contribution in [1.29, 1.82) is 0 Å². The number of nitrogens with zero attached hydrogens (tertiary/aromatic N) is 4. The van der Waals surface area contributed by atoms with E-state index >= 15 is 0 Å². The average molecular weight is 745 g/mol. The van der Waals surface area contributed by atoms with Crippen LogP contribution in [-0.4, -0.2) is 19.9 Å². The first-order valence-corrected chi connectivity index (χ1v) is 19.9. The lowest BCUT2D eigenvalue weighted by Gasteiger charge is -2.13. The molecular formula is C52H32N4S. The Kier molecular flexibility index (Phi) is 7.97. The third-order valence-electron chi connectivity index (χ3n) is 10.8. The first kappa shape index (κ1) is 33.0. The van der Waals surface area contributed by atoms with Gasteiger partial charge in [-0.2, -0.15) is 0 Å². The van der Waals surface area contributed by atoms with Crippen LogP contribution in [0.2, 0.25) is 0 Å². The van der Waals surface area contributed by atoms with Gasteiger partial charge in [0, 0.05) is 47.8 Å². The van der Waals surface area contributed by atoms with E-state index in [9.17, 15) is 0 Å². The van der Waals surface area contributed by atoms with Crippen molar-refractivity contribution in [1.82, 2.24) is 19.9 Å². The van der Waals surface area contributed by atoms with Gasteiger partial charge in [-0.15, -0.1) is 11.3 Å². The third kappa shape index (κ3) is 5.93. The largest absolute Gasteiger partial charge is 0.248 e.